The summed E-state index contributed by atoms with van der Waals surface area (Å²) in [7, 11) is 2.15. The molecule has 0 N–H and O–H groups in total. The predicted molar refractivity (Wildman–Crippen MR) is 72.3 cm³/mol. The van der Waals surface area contributed by atoms with E-state index >= 15 is 0 Å². The molecule has 0 bridgehead atoms. The zero-order valence-electron chi connectivity index (χ0n) is 10.9. The van der Waals surface area contributed by atoms with Crippen molar-refractivity contribution in [1.29, 1.82) is 5.26 Å². The summed E-state index contributed by atoms with van der Waals surface area (Å²) in [4.78, 5) is 4.95. The number of para-hydroxylation sites is 1. The molecule has 1 aromatic carbocycles. The Hall–Kier alpha value is -1.53. The van der Waals surface area contributed by atoms with Crippen LogP contribution >= 0.6 is 0 Å². The first kappa shape index (κ1) is 11.6. The zero-order chi connectivity index (χ0) is 12.6. The third kappa shape index (κ3) is 1.53. The molecule has 0 spiro atoms. The fourth-order valence-electron chi connectivity index (χ4n) is 3.71. The maximum Gasteiger partial charge on any atom is 0.101 e. The molecule has 18 heavy (non-hydrogen) atoms. The molecule has 3 heteroatoms. The molecular weight excluding hydrogens is 222 g/mol. The Morgan fingerprint density at radius 1 is 1.22 bits per heavy atom. The normalized spacial score (nSPS) is 21.6. The van der Waals surface area contributed by atoms with Crippen LogP contribution in [0.1, 0.15) is 31.2 Å². The lowest BCUT2D eigenvalue weighted by molar-refractivity contribution is 0.194. The van der Waals surface area contributed by atoms with Crippen molar-refractivity contribution in [2.24, 2.45) is 0 Å². The van der Waals surface area contributed by atoms with Gasteiger partial charge in [0.05, 0.1) is 16.9 Å². The van der Waals surface area contributed by atoms with E-state index < -0.39 is 0 Å². The van der Waals surface area contributed by atoms with Gasteiger partial charge in [0.2, 0.25) is 0 Å². The summed E-state index contributed by atoms with van der Waals surface area (Å²) in [6, 6.07) is 10.3. The number of benzene rings is 1. The average Bonchev–Trinajstić information content (AvgIpc) is 2.97. The van der Waals surface area contributed by atoms with Crippen LogP contribution in [0.2, 0.25) is 0 Å². The lowest BCUT2D eigenvalue weighted by Gasteiger charge is -2.42. The Bertz CT molecular complexity index is 479. The van der Waals surface area contributed by atoms with E-state index in [0.29, 0.717) is 0 Å². The fraction of sp³-hybridized carbons (Fsp3) is 0.533. The van der Waals surface area contributed by atoms with Crippen molar-refractivity contribution in [2.45, 2.75) is 31.3 Å². The second-order valence-corrected chi connectivity index (χ2v) is 5.36. The maximum atomic E-state index is 9.26. The largest absolute Gasteiger partial charge is 0.355 e. The number of hydrogen-bond donors (Lipinski definition) is 0. The number of anilines is 1. The lowest BCUT2D eigenvalue weighted by atomic mass is 10.0. The molecule has 0 unspecified atom stereocenters. The summed E-state index contributed by atoms with van der Waals surface area (Å²) >= 11 is 0. The molecule has 3 rings (SSSR count). The quantitative estimate of drug-likeness (QED) is 0.797. The summed E-state index contributed by atoms with van der Waals surface area (Å²) in [6.45, 7) is 2.41. The van der Waals surface area contributed by atoms with Crippen molar-refractivity contribution in [3.63, 3.8) is 0 Å². The number of hydrogen-bond acceptors (Lipinski definition) is 3. The molecule has 0 atom stereocenters. The number of nitrogens with zero attached hydrogens (tertiary/aromatic N) is 3. The van der Waals surface area contributed by atoms with Crippen molar-refractivity contribution in [1.82, 2.24) is 4.90 Å². The van der Waals surface area contributed by atoms with E-state index in [4.69, 9.17) is 0 Å². The van der Waals surface area contributed by atoms with Crippen LogP contribution in [0.25, 0.3) is 0 Å². The van der Waals surface area contributed by atoms with E-state index in [-0.39, 0.29) is 5.66 Å². The second-order valence-electron chi connectivity index (χ2n) is 5.36. The Kier molecular flexibility index (Phi) is 2.76. The van der Waals surface area contributed by atoms with Gasteiger partial charge in [0, 0.05) is 20.1 Å². The third-order valence-electron chi connectivity index (χ3n) is 4.61. The summed E-state index contributed by atoms with van der Waals surface area (Å²) in [5, 5.41) is 9.26. The lowest BCUT2D eigenvalue weighted by Crippen LogP contribution is -2.52. The molecule has 2 fully saturated rings. The molecule has 0 aliphatic carbocycles. The minimum atomic E-state index is 0.174. The van der Waals surface area contributed by atoms with Gasteiger partial charge in [-0.15, -0.1) is 0 Å². The van der Waals surface area contributed by atoms with Gasteiger partial charge in [-0.05, 0) is 37.8 Å². The van der Waals surface area contributed by atoms with Crippen LogP contribution < -0.4 is 4.90 Å². The van der Waals surface area contributed by atoms with Gasteiger partial charge in [-0.1, -0.05) is 12.1 Å². The molecule has 1 aromatic rings. The van der Waals surface area contributed by atoms with Crippen LogP contribution in [-0.2, 0) is 0 Å². The first-order valence-corrected chi connectivity index (χ1v) is 6.76. The van der Waals surface area contributed by atoms with Crippen molar-refractivity contribution in [3.05, 3.63) is 29.8 Å². The SMILES string of the molecule is CN(c1ccccc1C#N)C12CCCN1CCC2. The number of nitriles is 1. The van der Waals surface area contributed by atoms with E-state index in [1.54, 1.807) is 0 Å². The topological polar surface area (TPSA) is 30.3 Å². The third-order valence-corrected chi connectivity index (χ3v) is 4.61. The van der Waals surface area contributed by atoms with Crippen LogP contribution in [0.15, 0.2) is 24.3 Å². The molecule has 94 valence electrons. The van der Waals surface area contributed by atoms with E-state index in [2.05, 4.69) is 29.0 Å². The van der Waals surface area contributed by atoms with E-state index in [9.17, 15) is 5.26 Å². The minimum Gasteiger partial charge on any atom is -0.355 e. The molecular formula is C15H19N3. The summed E-state index contributed by atoms with van der Waals surface area (Å²) in [5.41, 5.74) is 2.04. The van der Waals surface area contributed by atoms with Gasteiger partial charge >= 0.3 is 0 Å². The van der Waals surface area contributed by atoms with Crippen LogP contribution in [0.5, 0.6) is 0 Å². The van der Waals surface area contributed by atoms with E-state index in [1.165, 1.54) is 38.8 Å². The smallest absolute Gasteiger partial charge is 0.101 e. The van der Waals surface area contributed by atoms with E-state index in [0.717, 1.165) is 11.3 Å². The highest BCUT2D eigenvalue weighted by Gasteiger charge is 2.47. The second kappa shape index (κ2) is 4.29. The van der Waals surface area contributed by atoms with Gasteiger partial charge < -0.3 is 4.90 Å². The minimum absolute atomic E-state index is 0.174. The molecule has 2 heterocycles. The van der Waals surface area contributed by atoms with Gasteiger partial charge in [0.1, 0.15) is 6.07 Å². The summed E-state index contributed by atoms with van der Waals surface area (Å²) in [6.07, 6.45) is 5.00. The highest BCUT2D eigenvalue weighted by molar-refractivity contribution is 5.60. The molecule has 2 aliphatic heterocycles. The fourth-order valence-corrected chi connectivity index (χ4v) is 3.71. The molecule has 2 aliphatic rings. The van der Waals surface area contributed by atoms with Crippen LogP contribution in [0.3, 0.4) is 0 Å². The van der Waals surface area contributed by atoms with Gasteiger partial charge in [-0.25, -0.2) is 0 Å². The summed E-state index contributed by atoms with van der Waals surface area (Å²) in [5.74, 6) is 0. The van der Waals surface area contributed by atoms with Crippen LogP contribution in [0.4, 0.5) is 5.69 Å². The number of rotatable bonds is 2. The van der Waals surface area contributed by atoms with Crippen molar-refractivity contribution in [3.8, 4) is 6.07 Å². The van der Waals surface area contributed by atoms with Crippen molar-refractivity contribution < 1.29 is 0 Å². The average molecular weight is 241 g/mol. The Labute approximate surface area is 109 Å². The standard InChI is InChI=1S/C15H19N3/c1-17(14-7-3-2-6-13(14)12-16)15-8-4-10-18(15)11-5-9-15/h2-3,6-7H,4-5,8-11H2,1H3. The van der Waals surface area contributed by atoms with Gasteiger partial charge in [0.15, 0.2) is 0 Å². The Morgan fingerprint density at radius 3 is 2.56 bits per heavy atom. The molecule has 3 nitrogen and oxygen atoms in total. The monoisotopic (exact) mass is 241 g/mol. The Balaban J connectivity index is 1.99. The van der Waals surface area contributed by atoms with Gasteiger partial charge in [-0.2, -0.15) is 5.26 Å². The molecule has 2 saturated heterocycles. The first-order valence-electron chi connectivity index (χ1n) is 6.76. The molecule has 0 saturated carbocycles. The van der Waals surface area contributed by atoms with Gasteiger partial charge in [0.25, 0.3) is 0 Å². The van der Waals surface area contributed by atoms with Crippen molar-refractivity contribution >= 4 is 5.69 Å². The molecule has 0 radical (unpaired) electrons. The maximum absolute atomic E-state index is 9.26. The zero-order valence-corrected chi connectivity index (χ0v) is 10.9. The predicted octanol–water partition coefficient (Wildman–Crippen LogP) is 2.58. The molecule has 0 amide bonds. The first-order chi connectivity index (χ1) is 8.78. The van der Waals surface area contributed by atoms with Crippen LogP contribution in [-0.4, -0.2) is 30.7 Å². The van der Waals surface area contributed by atoms with E-state index in [1.807, 2.05) is 18.2 Å². The number of fused-ring (bicyclic) bond motifs is 1. The van der Waals surface area contributed by atoms with Gasteiger partial charge in [-0.3, -0.25) is 4.90 Å². The Morgan fingerprint density at radius 2 is 1.89 bits per heavy atom. The summed E-state index contributed by atoms with van der Waals surface area (Å²) < 4.78 is 0. The van der Waals surface area contributed by atoms with Crippen molar-refractivity contribution in [2.75, 3.05) is 25.0 Å². The highest BCUT2D eigenvalue weighted by Crippen LogP contribution is 2.43. The van der Waals surface area contributed by atoms with Crippen LogP contribution in [0, 0.1) is 11.3 Å². The molecule has 0 aromatic heterocycles. The highest BCUT2D eigenvalue weighted by atomic mass is 15.4.